The van der Waals surface area contributed by atoms with Gasteiger partial charge in [0.2, 0.25) is 11.8 Å². The van der Waals surface area contributed by atoms with E-state index in [1.54, 1.807) is 38.1 Å². The molecule has 37 heavy (non-hydrogen) atoms. The number of halogens is 1. The maximum Gasteiger partial charge on any atom is 0.264 e. The summed E-state index contributed by atoms with van der Waals surface area (Å²) in [7, 11) is -4.07. The Morgan fingerprint density at radius 1 is 0.973 bits per heavy atom. The molecule has 0 heterocycles. The molecule has 3 aromatic rings. The van der Waals surface area contributed by atoms with Crippen LogP contribution in [0.1, 0.15) is 30.5 Å². The summed E-state index contributed by atoms with van der Waals surface area (Å²) in [4.78, 5) is 28.1. The van der Waals surface area contributed by atoms with Crippen molar-refractivity contribution < 1.29 is 18.0 Å². The van der Waals surface area contributed by atoms with Gasteiger partial charge in [0, 0.05) is 17.6 Å². The summed E-state index contributed by atoms with van der Waals surface area (Å²) in [6.07, 6.45) is 0. The second-order valence-corrected chi connectivity index (χ2v) is 11.6. The van der Waals surface area contributed by atoms with E-state index >= 15 is 0 Å². The first-order chi connectivity index (χ1) is 17.5. The van der Waals surface area contributed by atoms with Crippen LogP contribution in [0.15, 0.2) is 82.2 Å². The number of anilines is 1. The van der Waals surface area contributed by atoms with E-state index in [-0.39, 0.29) is 17.3 Å². The Labute approximate surface area is 227 Å². The Bertz CT molecular complexity index is 1350. The third-order valence-electron chi connectivity index (χ3n) is 6.02. The second-order valence-electron chi connectivity index (χ2n) is 8.83. The van der Waals surface area contributed by atoms with Gasteiger partial charge in [-0.3, -0.25) is 13.9 Å². The van der Waals surface area contributed by atoms with Crippen molar-refractivity contribution in [2.45, 2.75) is 45.2 Å². The van der Waals surface area contributed by atoms with Crippen molar-refractivity contribution in [2.75, 3.05) is 17.4 Å². The maximum atomic E-state index is 13.8. The number of nitrogens with zero attached hydrogens (tertiary/aromatic N) is 2. The topological polar surface area (TPSA) is 86.8 Å². The molecule has 1 N–H and O–H groups in total. The highest BCUT2D eigenvalue weighted by molar-refractivity contribution is 9.10. The highest BCUT2D eigenvalue weighted by Gasteiger charge is 2.33. The molecular formula is C28H32BrN3O4S. The number of carbonyl (C=O) groups is 2. The average Bonchev–Trinajstić information content (AvgIpc) is 2.87. The van der Waals surface area contributed by atoms with E-state index in [0.717, 1.165) is 25.5 Å². The van der Waals surface area contributed by atoms with Crippen LogP contribution in [-0.2, 0) is 26.2 Å². The van der Waals surface area contributed by atoms with Crippen molar-refractivity contribution in [3.8, 4) is 0 Å². The predicted octanol–water partition coefficient (Wildman–Crippen LogP) is 4.81. The van der Waals surface area contributed by atoms with Gasteiger partial charge in [-0.1, -0.05) is 64.0 Å². The predicted molar refractivity (Wildman–Crippen MR) is 150 cm³/mol. The van der Waals surface area contributed by atoms with Gasteiger partial charge in [-0.05, 0) is 69.2 Å². The van der Waals surface area contributed by atoms with Gasteiger partial charge in [-0.25, -0.2) is 8.42 Å². The van der Waals surface area contributed by atoms with Crippen molar-refractivity contribution in [3.63, 3.8) is 0 Å². The Balaban J connectivity index is 2.04. The smallest absolute Gasteiger partial charge is 0.264 e. The summed E-state index contributed by atoms with van der Waals surface area (Å²) in [5.74, 6) is -0.793. The molecule has 0 saturated carbocycles. The first-order valence-electron chi connectivity index (χ1n) is 12.0. The SMILES string of the molecule is CCNC(=O)[C@@H](C)N(Cc1ccc(Br)cc1)C(=O)CN(c1ccc(C)cc1C)S(=O)(=O)c1ccccc1. The number of benzene rings is 3. The minimum atomic E-state index is -4.07. The zero-order valence-corrected chi connectivity index (χ0v) is 23.8. The number of likely N-dealkylation sites (N-methyl/N-ethyl adjacent to an activating group) is 1. The second kappa shape index (κ2) is 12.4. The fourth-order valence-electron chi connectivity index (χ4n) is 4.01. The average molecular weight is 587 g/mol. The quantitative estimate of drug-likeness (QED) is 0.370. The largest absolute Gasteiger partial charge is 0.355 e. The van der Waals surface area contributed by atoms with Crippen molar-refractivity contribution in [3.05, 3.63) is 94.0 Å². The molecular weight excluding hydrogens is 554 g/mol. The molecule has 0 radical (unpaired) electrons. The number of carbonyl (C=O) groups excluding carboxylic acids is 2. The molecule has 0 fully saturated rings. The molecule has 0 saturated heterocycles. The third-order valence-corrected chi connectivity index (χ3v) is 8.32. The van der Waals surface area contributed by atoms with Crippen molar-refractivity contribution in [2.24, 2.45) is 0 Å². The van der Waals surface area contributed by atoms with Crippen molar-refractivity contribution >= 4 is 43.5 Å². The first-order valence-corrected chi connectivity index (χ1v) is 14.2. The Kier molecular flexibility index (Phi) is 9.50. The molecule has 0 aliphatic heterocycles. The summed E-state index contributed by atoms with van der Waals surface area (Å²) in [6.45, 7) is 7.30. The van der Waals surface area contributed by atoms with Crippen LogP contribution in [0, 0.1) is 13.8 Å². The van der Waals surface area contributed by atoms with Crippen LogP contribution in [0.25, 0.3) is 0 Å². The first kappa shape index (κ1) is 28.4. The number of aryl methyl sites for hydroxylation is 2. The lowest BCUT2D eigenvalue weighted by Crippen LogP contribution is -2.51. The number of rotatable bonds is 10. The molecule has 0 aromatic heterocycles. The Morgan fingerprint density at radius 3 is 2.22 bits per heavy atom. The van der Waals surface area contributed by atoms with Crippen molar-refractivity contribution in [1.29, 1.82) is 0 Å². The van der Waals surface area contributed by atoms with Gasteiger partial charge < -0.3 is 10.2 Å². The van der Waals surface area contributed by atoms with Gasteiger partial charge in [0.15, 0.2) is 0 Å². The Morgan fingerprint density at radius 2 is 1.62 bits per heavy atom. The van der Waals surface area contributed by atoms with Gasteiger partial charge >= 0.3 is 0 Å². The molecule has 7 nitrogen and oxygen atoms in total. The molecule has 0 unspecified atom stereocenters. The van der Waals surface area contributed by atoms with Crippen LogP contribution in [0.3, 0.4) is 0 Å². The minimum absolute atomic E-state index is 0.0824. The number of hydrogen-bond donors (Lipinski definition) is 1. The third kappa shape index (κ3) is 6.99. The van der Waals surface area contributed by atoms with E-state index in [0.29, 0.717) is 12.2 Å². The monoisotopic (exact) mass is 585 g/mol. The Hall–Kier alpha value is -3.17. The lowest BCUT2D eigenvalue weighted by atomic mass is 10.1. The standard InChI is InChI=1S/C28H32BrN3O4S/c1-5-30-28(34)22(4)31(18-23-12-14-24(29)15-13-23)27(33)19-32(26-16-11-20(2)17-21(26)3)37(35,36)25-9-7-6-8-10-25/h6-17,22H,5,18-19H2,1-4H3,(H,30,34)/t22-/m1/s1. The van der Waals surface area contributed by atoms with E-state index < -0.39 is 28.5 Å². The lowest BCUT2D eigenvalue weighted by molar-refractivity contribution is -0.139. The van der Waals surface area contributed by atoms with E-state index in [1.807, 2.05) is 50.2 Å². The highest BCUT2D eigenvalue weighted by Crippen LogP contribution is 2.28. The maximum absolute atomic E-state index is 13.8. The number of sulfonamides is 1. The van der Waals surface area contributed by atoms with Crippen LogP contribution < -0.4 is 9.62 Å². The van der Waals surface area contributed by atoms with Crippen LogP contribution >= 0.6 is 15.9 Å². The van der Waals surface area contributed by atoms with E-state index in [9.17, 15) is 18.0 Å². The summed E-state index contributed by atoms with van der Waals surface area (Å²) in [5, 5.41) is 2.76. The highest BCUT2D eigenvalue weighted by atomic mass is 79.9. The fourth-order valence-corrected chi connectivity index (χ4v) is 5.77. The van der Waals surface area contributed by atoms with E-state index in [1.165, 1.54) is 17.0 Å². The zero-order chi connectivity index (χ0) is 27.2. The zero-order valence-electron chi connectivity index (χ0n) is 21.4. The van der Waals surface area contributed by atoms with Crippen LogP contribution in [-0.4, -0.2) is 44.3 Å². The fraction of sp³-hybridized carbons (Fsp3) is 0.286. The summed E-state index contributed by atoms with van der Waals surface area (Å²) in [5.41, 5.74) is 2.93. The number of hydrogen-bond acceptors (Lipinski definition) is 4. The van der Waals surface area contributed by atoms with E-state index in [2.05, 4.69) is 21.2 Å². The lowest BCUT2D eigenvalue weighted by Gasteiger charge is -2.32. The minimum Gasteiger partial charge on any atom is -0.355 e. The van der Waals surface area contributed by atoms with Crippen LogP contribution in [0.2, 0.25) is 0 Å². The molecule has 3 rings (SSSR count). The van der Waals surface area contributed by atoms with Gasteiger partial charge in [0.25, 0.3) is 10.0 Å². The van der Waals surface area contributed by atoms with Gasteiger partial charge in [-0.15, -0.1) is 0 Å². The molecule has 0 aliphatic rings. The van der Waals surface area contributed by atoms with Gasteiger partial charge in [-0.2, -0.15) is 0 Å². The number of amides is 2. The number of nitrogens with one attached hydrogen (secondary N) is 1. The molecule has 2 amide bonds. The molecule has 0 spiro atoms. The van der Waals surface area contributed by atoms with Crippen LogP contribution in [0.4, 0.5) is 5.69 Å². The van der Waals surface area contributed by atoms with Crippen molar-refractivity contribution in [1.82, 2.24) is 10.2 Å². The molecule has 0 aliphatic carbocycles. The summed E-state index contributed by atoms with van der Waals surface area (Å²) in [6, 6.07) is 20.1. The molecule has 1 atom stereocenters. The molecule has 0 bridgehead atoms. The van der Waals surface area contributed by atoms with Crippen LogP contribution in [0.5, 0.6) is 0 Å². The molecule has 196 valence electrons. The van der Waals surface area contributed by atoms with Gasteiger partial charge in [0.1, 0.15) is 12.6 Å². The van der Waals surface area contributed by atoms with E-state index in [4.69, 9.17) is 0 Å². The normalized spacial score (nSPS) is 12.0. The summed E-state index contributed by atoms with van der Waals surface area (Å²) < 4.78 is 29.6. The van der Waals surface area contributed by atoms with Gasteiger partial charge in [0.05, 0.1) is 10.6 Å². The molecule has 3 aromatic carbocycles. The molecule has 9 heteroatoms. The summed E-state index contributed by atoms with van der Waals surface area (Å²) >= 11 is 3.41.